The minimum Gasteiger partial charge on any atom is -0.452 e. The number of rotatable bonds is 12. The number of carbonyl (C=O) groups excluding carboxylic acids is 2. The number of esters is 2. The maximum atomic E-state index is 14.4. The summed E-state index contributed by atoms with van der Waals surface area (Å²) in [4.78, 5) is 28.9. The highest BCUT2D eigenvalue weighted by molar-refractivity contribution is 6.85. The predicted octanol–water partition coefficient (Wildman–Crippen LogP) is 11.1. The molecule has 2 saturated heterocycles. The monoisotopic (exact) mass is 872 g/mol. The predicted molar refractivity (Wildman–Crippen MR) is 237 cm³/mol. The molecule has 324 valence electrons. The largest absolute Gasteiger partial charge is 0.452 e. The fourth-order valence-corrected chi connectivity index (χ4v) is 32.2. The van der Waals surface area contributed by atoms with Gasteiger partial charge in [0.2, 0.25) is 0 Å². The molecule has 0 bridgehead atoms. The molecule has 2 heterocycles. The molecule has 2 aromatic carbocycles. The smallest absolute Gasteiger partial charge is 0.338 e. The van der Waals surface area contributed by atoms with Crippen LogP contribution >= 0.6 is 0 Å². The molecule has 1 saturated carbocycles. The molecule has 0 spiro atoms. The Morgan fingerprint density at radius 1 is 0.397 bits per heavy atom. The number of carbonyl (C=O) groups is 2. The zero-order chi connectivity index (χ0) is 43.1. The summed E-state index contributed by atoms with van der Waals surface area (Å²) < 4.78 is 59.8. The van der Waals surface area contributed by atoms with Crippen molar-refractivity contribution in [2.24, 2.45) is 0 Å². The molecule has 2 aromatic rings. The molecule has 0 aromatic heterocycles. The van der Waals surface area contributed by atoms with E-state index in [-0.39, 0.29) is 44.3 Å². The Bertz CT molecular complexity index is 1530. The summed E-state index contributed by atoms with van der Waals surface area (Å²) >= 11 is 0. The fraction of sp³-hybridized carbons (Fsp3) is 0.682. The zero-order valence-corrected chi connectivity index (χ0v) is 41.9. The second-order valence-electron chi connectivity index (χ2n) is 19.1. The summed E-state index contributed by atoms with van der Waals surface area (Å²) in [6.07, 6.45) is -5.83. The van der Waals surface area contributed by atoms with E-state index in [9.17, 15) is 9.59 Å². The topological polar surface area (TPSA) is 108 Å². The Kier molecular flexibility index (Phi) is 14.7. The average Bonchev–Trinajstić information content (AvgIpc) is 3.45. The molecule has 5 rings (SSSR count). The van der Waals surface area contributed by atoms with Crippen LogP contribution in [0.15, 0.2) is 60.7 Å². The Labute approximate surface area is 353 Å². The number of fused-ring (bicyclic) bond motifs is 3. The lowest BCUT2D eigenvalue weighted by atomic mass is 9.84. The van der Waals surface area contributed by atoms with Crippen LogP contribution in [0.25, 0.3) is 0 Å². The highest BCUT2D eigenvalue weighted by Gasteiger charge is 2.71. The van der Waals surface area contributed by atoms with E-state index in [4.69, 9.17) is 35.4 Å². The molecule has 0 unspecified atom stereocenters. The first-order valence-corrected chi connectivity index (χ1v) is 29.6. The quantitative estimate of drug-likeness (QED) is 0.151. The highest BCUT2D eigenvalue weighted by atomic mass is 28.5. The first-order valence-electron chi connectivity index (χ1n) is 21.7. The van der Waals surface area contributed by atoms with Crippen LogP contribution in [0, 0.1) is 0 Å². The van der Waals surface area contributed by atoms with Crippen LogP contribution in [-0.4, -0.2) is 82.8 Å². The minimum atomic E-state index is -3.28. The van der Waals surface area contributed by atoms with E-state index in [1.54, 1.807) is 48.5 Å². The Hall–Kier alpha value is -1.99. The minimum absolute atomic E-state index is 0.0101. The van der Waals surface area contributed by atoms with Crippen LogP contribution in [0.4, 0.5) is 0 Å². The van der Waals surface area contributed by atoms with Gasteiger partial charge in [-0.3, -0.25) is 0 Å². The van der Waals surface area contributed by atoms with Crippen molar-refractivity contribution < 1.29 is 45.0 Å². The molecular formula is C44H72O10Si4. The average molecular weight is 873 g/mol. The van der Waals surface area contributed by atoms with Crippen molar-refractivity contribution in [3.63, 3.8) is 0 Å². The van der Waals surface area contributed by atoms with Crippen molar-refractivity contribution in [3.8, 4) is 0 Å². The van der Waals surface area contributed by atoms with Crippen LogP contribution in [-0.2, 0) is 35.4 Å². The first kappa shape index (κ1) is 47.1. The molecule has 3 aliphatic rings. The van der Waals surface area contributed by atoms with E-state index in [1.807, 2.05) is 12.1 Å². The number of hydrogen-bond acceptors (Lipinski definition) is 10. The van der Waals surface area contributed by atoms with E-state index < -0.39 is 82.8 Å². The van der Waals surface area contributed by atoms with Gasteiger partial charge in [-0.1, -0.05) is 147 Å². The van der Waals surface area contributed by atoms with Gasteiger partial charge in [-0.15, -0.1) is 0 Å². The third-order valence-corrected chi connectivity index (χ3v) is 33.3. The Morgan fingerprint density at radius 2 is 0.621 bits per heavy atom. The maximum Gasteiger partial charge on any atom is 0.338 e. The lowest BCUT2D eigenvalue weighted by Gasteiger charge is -2.51. The second kappa shape index (κ2) is 18.2. The van der Waals surface area contributed by atoms with Crippen LogP contribution in [0.1, 0.15) is 131 Å². The van der Waals surface area contributed by atoms with Gasteiger partial charge in [0.05, 0.1) is 11.1 Å². The Balaban J connectivity index is 1.89. The summed E-state index contributed by atoms with van der Waals surface area (Å²) in [5.41, 5.74) is 0.789. The molecule has 58 heavy (non-hydrogen) atoms. The molecule has 10 nitrogen and oxygen atoms in total. The van der Waals surface area contributed by atoms with Crippen molar-refractivity contribution in [2.75, 3.05) is 0 Å². The van der Waals surface area contributed by atoms with E-state index in [0.717, 1.165) is 0 Å². The van der Waals surface area contributed by atoms with Gasteiger partial charge in [-0.05, 0) is 68.6 Å². The summed E-state index contributed by atoms with van der Waals surface area (Å²) in [6.45, 7) is 34.8. The molecule has 0 N–H and O–H groups in total. The molecular weight excluding hydrogens is 801 g/mol. The van der Waals surface area contributed by atoms with Gasteiger partial charge in [0.25, 0.3) is 0 Å². The molecule has 1 aliphatic carbocycles. The third-order valence-electron chi connectivity index (χ3n) is 12.8. The van der Waals surface area contributed by atoms with Crippen LogP contribution < -0.4 is 0 Å². The molecule has 14 heteroatoms. The summed E-state index contributed by atoms with van der Waals surface area (Å²) in [7, 11) is -13.0. The van der Waals surface area contributed by atoms with Crippen LogP contribution in [0.3, 0.4) is 0 Å². The van der Waals surface area contributed by atoms with Crippen molar-refractivity contribution in [3.05, 3.63) is 71.8 Å². The third kappa shape index (κ3) is 8.45. The number of hydrogen-bond donors (Lipinski definition) is 0. The second-order valence-corrected chi connectivity index (χ2v) is 36.7. The molecule has 0 radical (unpaired) electrons. The van der Waals surface area contributed by atoms with Gasteiger partial charge in [0.1, 0.15) is 24.4 Å². The fourth-order valence-electron chi connectivity index (χ4n) is 9.60. The van der Waals surface area contributed by atoms with Gasteiger partial charge >= 0.3 is 46.2 Å². The van der Waals surface area contributed by atoms with Crippen LogP contribution in [0.2, 0.25) is 44.3 Å². The normalized spacial score (nSPS) is 27.8. The van der Waals surface area contributed by atoms with Gasteiger partial charge in [-0.25, -0.2) is 9.59 Å². The zero-order valence-electron chi connectivity index (χ0n) is 37.9. The molecule has 0 amide bonds. The lowest BCUT2D eigenvalue weighted by molar-refractivity contribution is -0.205. The molecule has 2 aliphatic heterocycles. The van der Waals surface area contributed by atoms with E-state index in [2.05, 4.69) is 111 Å². The van der Waals surface area contributed by atoms with Gasteiger partial charge in [0, 0.05) is 0 Å². The summed E-state index contributed by atoms with van der Waals surface area (Å²) in [5, 5.41) is 0. The van der Waals surface area contributed by atoms with Gasteiger partial charge in [-0.2, -0.15) is 0 Å². The van der Waals surface area contributed by atoms with E-state index >= 15 is 0 Å². The summed E-state index contributed by atoms with van der Waals surface area (Å²) in [5.74, 6) is -1.13. The van der Waals surface area contributed by atoms with Crippen molar-refractivity contribution in [1.82, 2.24) is 0 Å². The van der Waals surface area contributed by atoms with Crippen LogP contribution in [0.5, 0.6) is 0 Å². The standard InChI is InChI=1S/C44H72O10Si4/c1-27(2)55(28(3)4)49-39-37(47-43(45)35-23-19-17-20-24-35)38(48-44(46)36-25-21-18-22-26-36)40-42(41(39)51-57(53-55,31(9)10)32(11)12)52-58(33(13)14,34(15)16)54-56(50-40,29(5)6)30(7)8/h17-34,37-42H,1-16H3/t37-,38-,39-,40-,41+,42+/m1/s1. The Morgan fingerprint density at radius 3 is 0.845 bits per heavy atom. The number of ether oxygens (including phenoxy) is 2. The SMILES string of the molecule is CC(C)[Si]1(C(C)C)O[C@@H]2[C@H]3O[Si](C(C)C)(C(C)C)O[Si](C(C)C)(C(C)C)O[C@@H]3[C@H](OC(=O)c3ccccc3)[C@@H](OC(=O)c3ccccc3)[C@H]2O[Si](C(C)C)(C(C)C)O1. The first-order chi connectivity index (χ1) is 27.1. The highest BCUT2D eigenvalue weighted by Crippen LogP contribution is 2.55. The van der Waals surface area contributed by atoms with Gasteiger partial charge < -0.3 is 35.4 Å². The van der Waals surface area contributed by atoms with Crippen molar-refractivity contribution in [1.29, 1.82) is 0 Å². The van der Waals surface area contributed by atoms with Gasteiger partial charge in [0.15, 0.2) is 12.2 Å². The van der Waals surface area contributed by atoms with E-state index in [1.165, 1.54) is 0 Å². The number of benzene rings is 2. The molecule has 3 fully saturated rings. The van der Waals surface area contributed by atoms with Crippen molar-refractivity contribution >= 4 is 46.2 Å². The summed E-state index contributed by atoms with van der Waals surface area (Å²) in [6, 6.07) is 17.8. The van der Waals surface area contributed by atoms with Crippen molar-refractivity contribution in [2.45, 2.75) is 192 Å². The lowest BCUT2D eigenvalue weighted by Crippen LogP contribution is -2.71. The maximum absolute atomic E-state index is 14.4. The van der Waals surface area contributed by atoms with E-state index in [0.29, 0.717) is 11.1 Å². The molecule has 6 atom stereocenters.